The Balaban J connectivity index is 2.00. The van der Waals surface area contributed by atoms with E-state index in [0.717, 1.165) is 4.47 Å². The minimum atomic E-state index is -0.855. The number of hydrogen-bond donors (Lipinski definition) is 2. The van der Waals surface area contributed by atoms with Crippen LogP contribution in [-0.4, -0.2) is 40.1 Å². The van der Waals surface area contributed by atoms with Gasteiger partial charge in [0.05, 0.1) is 17.8 Å². The van der Waals surface area contributed by atoms with Gasteiger partial charge >= 0.3 is 12.0 Å². The lowest BCUT2D eigenvalue weighted by Crippen LogP contribution is -2.33. The number of urea groups is 1. The Kier molecular flexibility index (Phi) is 4.04. The van der Waals surface area contributed by atoms with E-state index in [9.17, 15) is 9.59 Å². The zero-order valence-corrected chi connectivity index (χ0v) is 11.9. The molecule has 0 saturated carbocycles. The van der Waals surface area contributed by atoms with Crippen molar-refractivity contribution in [3.8, 4) is 0 Å². The molecule has 0 aliphatic carbocycles. The monoisotopic (exact) mass is 327 g/mol. The maximum atomic E-state index is 12.0. The van der Waals surface area contributed by atoms with Gasteiger partial charge in [-0.15, -0.1) is 0 Å². The molecule has 2 rings (SSSR count). The highest BCUT2D eigenvalue weighted by molar-refractivity contribution is 9.10. The number of carbonyl (C=O) groups excluding carboxylic acids is 1. The second kappa shape index (κ2) is 5.56. The number of halogens is 1. The number of nitrogens with one attached hydrogen (secondary N) is 1. The van der Waals surface area contributed by atoms with Gasteiger partial charge in [0.15, 0.2) is 0 Å². The van der Waals surface area contributed by atoms with Gasteiger partial charge in [-0.2, -0.15) is 0 Å². The van der Waals surface area contributed by atoms with Crippen molar-refractivity contribution in [2.24, 2.45) is 11.8 Å². The van der Waals surface area contributed by atoms with Gasteiger partial charge in [-0.05, 0) is 27.9 Å². The van der Waals surface area contributed by atoms with E-state index in [0.29, 0.717) is 12.2 Å². The number of hydrogen-bond acceptors (Lipinski definition) is 3. The SMILES string of the molecule is C[C@@H]1CN(C(=O)Nc2cncc(Br)c2)C[C@H]1C(=O)O. The Morgan fingerprint density at radius 1 is 1.47 bits per heavy atom. The quantitative estimate of drug-likeness (QED) is 0.870. The predicted molar refractivity (Wildman–Crippen MR) is 72.8 cm³/mol. The first kappa shape index (κ1) is 13.8. The highest BCUT2D eigenvalue weighted by atomic mass is 79.9. The molecule has 2 atom stereocenters. The van der Waals surface area contributed by atoms with Crippen LogP contribution in [0.3, 0.4) is 0 Å². The Bertz CT molecular complexity index is 509. The van der Waals surface area contributed by atoms with Crippen molar-refractivity contribution in [1.29, 1.82) is 0 Å². The minimum Gasteiger partial charge on any atom is -0.481 e. The van der Waals surface area contributed by atoms with E-state index in [4.69, 9.17) is 5.11 Å². The highest BCUT2D eigenvalue weighted by Gasteiger charge is 2.36. The van der Waals surface area contributed by atoms with Gasteiger partial charge in [0.2, 0.25) is 0 Å². The Morgan fingerprint density at radius 2 is 2.21 bits per heavy atom. The molecule has 0 spiro atoms. The summed E-state index contributed by atoms with van der Waals surface area (Å²) < 4.78 is 0.767. The van der Waals surface area contributed by atoms with Gasteiger partial charge in [0.25, 0.3) is 0 Å². The second-order valence-corrected chi connectivity index (χ2v) is 5.56. The molecule has 1 aliphatic rings. The lowest BCUT2D eigenvalue weighted by atomic mass is 9.99. The van der Waals surface area contributed by atoms with Crippen molar-refractivity contribution in [1.82, 2.24) is 9.88 Å². The second-order valence-electron chi connectivity index (χ2n) is 4.65. The fourth-order valence-corrected chi connectivity index (χ4v) is 2.50. The van der Waals surface area contributed by atoms with Crippen LogP contribution in [0.4, 0.5) is 10.5 Å². The molecule has 19 heavy (non-hydrogen) atoms. The van der Waals surface area contributed by atoms with E-state index >= 15 is 0 Å². The van der Waals surface area contributed by atoms with Gasteiger partial charge in [-0.25, -0.2) is 4.79 Å². The first-order chi connectivity index (χ1) is 8.97. The van der Waals surface area contributed by atoms with Gasteiger partial charge in [0, 0.05) is 23.8 Å². The predicted octanol–water partition coefficient (Wildman–Crippen LogP) is 2.03. The molecule has 0 unspecified atom stereocenters. The standard InChI is InChI=1S/C12H14BrN3O3/c1-7-5-16(6-10(7)11(17)18)12(19)15-9-2-8(13)3-14-4-9/h2-4,7,10H,5-6H2,1H3,(H,15,19)(H,17,18)/t7-,10-/m1/s1. The van der Waals surface area contributed by atoms with Gasteiger partial charge in [0.1, 0.15) is 0 Å². The summed E-state index contributed by atoms with van der Waals surface area (Å²) in [5.74, 6) is -1.39. The average molecular weight is 328 g/mol. The van der Waals surface area contributed by atoms with Crippen LogP contribution in [0.5, 0.6) is 0 Å². The summed E-state index contributed by atoms with van der Waals surface area (Å²) in [6, 6.07) is 1.44. The summed E-state index contributed by atoms with van der Waals surface area (Å²) in [5, 5.41) is 11.7. The normalized spacial score (nSPS) is 22.3. The fraction of sp³-hybridized carbons (Fsp3) is 0.417. The van der Waals surface area contributed by atoms with Crippen LogP contribution in [0.25, 0.3) is 0 Å². The summed E-state index contributed by atoms with van der Waals surface area (Å²) in [5.41, 5.74) is 0.575. The maximum absolute atomic E-state index is 12.0. The zero-order valence-electron chi connectivity index (χ0n) is 10.3. The number of pyridine rings is 1. The molecule has 6 nitrogen and oxygen atoms in total. The number of aliphatic carboxylic acids is 1. The fourth-order valence-electron chi connectivity index (χ4n) is 2.14. The van der Waals surface area contributed by atoms with Gasteiger partial charge < -0.3 is 15.3 Å². The number of amides is 2. The molecular weight excluding hydrogens is 314 g/mol. The number of carboxylic acids is 1. The molecule has 1 aromatic heterocycles. The zero-order chi connectivity index (χ0) is 14.0. The summed E-state index contributed by atoms with van der Waals surface area (Å²) in [6.07, 6.45) is 3.16. The molecule has 1 aromatic rings. The van der Waals surface area contributed by atoms with E-state index in [2.05, 4.69) is 26.2 Å². The van der Waals surface area contributed by atoms with Crippen molar-refractivity contribution in [3.05, 3.63) is 22.9 Å². The van der Waals surface area contributed by atoms with Crippen LogP contribution in [0.2, 0.25) is 0 Å². The molecule has 1 fully saturated rings. The number of aromatic nitrogens is 1. The topological polar surface area (TPSA) is 82.5 Å². The molecule has 102 valence electrons. The molecule has 0 radical (unpaired) electrons. The van der Waals surface area contributed by atoms with Crippen molar-refractivity contribution in [3.63, 3.8) is 0 Å². The van der Waals surface area contributed by atoms with Gasteiger partial charge in [-0.3, -0.25) is 9.78 Å². The van der Waals surface area contributed by atoms with Crippen molar-refractivity contribution in [2.75, 3.05) is 18.4 Å². The molecule has 2 heterocycles. The van der Waals surface area contributed by atoms with Crippen molar-refractivity contribution < 1.29 is 14.7 Å². The van der Waals surface area contributed by atoms with E-state index in [1.54, 1.807) is 12.3 Å². The largest absolute Gasteiger partial charge is 0.481 e. The Morgan fingerprint density at radius 3 is 2.79 bits per heavy atom. The van der Waals surface area contributed by atoms with E-state index < -0.39 is 11.9 Å². The molecule has 7 heteroatoms. The first-order valence-electron chi connectivity index (χ1n) is 5.86. The third kappa shape index (κ3) is 3.23. The van der Waals surface area contributed by atoms with Crippen LogP contribution in [0, 0.1) is 11.8 Å². The summed E-state index contributed by atoms with van der Waals surface area (Å²) in [6.45, 7) is 2.53. The average Bonchev–Trinajstić information content (AvgIpc) is 2.71. The molecule has 0 aromatic carbocycles. The Hall–Kier alpha value is -1.63. The molecule has 2 N–H and O–H groups in total. The van der Waals surface area contributed by atoms with Gasteiger partial charge in [-0.1, -0.05) is 6.92 Å². The maximum Gasteiger partial charge on any atom is 0.321 e. The van der Waals surface area contributed by atoms with Crippen LogP contribution < -0.4 is 5.32 Å². The first-order valence-corrected chi connectivity index (χ1v) is 6.66. The Labute approximate surface area is 118 Å². The van der Waals surface area contributed by atoms with Crippen LogP contribution >= 0.6 is 15.9 Å². The summed E-state index contributed by atoms with van der Waals surface area (Å²) in [7, 11) is 0. The van der Waals surface area contributed by atoms with Crippen LogP contribution in [0.1, 0.15) is 6.92 Å². The third-order valence-corrected chi connectivity index (χ3v) is 3.61. The lowest BCUT2D eigenvalue weighted by molar-refractivity contribution is -0.142. The van der Waals surface area contributed by atoms with Crippen molar-refractivity contribution in [2.45, 2.75) is 6.92 Å². The van der Waals surface area contributed by atoms with E-state index in [1.165, 1.54) is 11.1 Å². The number of rotatable bonds is 2. The van der Waals surface area contributed by atoms with E-state index in [1.807, 2.05) is 6.92 Å². The molecular formula is C12H14BrN3O3. The number of anilines is 1. The summed E-state index contributed by atoms with van der Waals surface area (Å²) >= 11 is 3.27. The number of carbonyl (C=O) groups is 2. The minimum absolute atomic E-state index is 0.0381. The third-order valence-electron chi connectivity index (χ3n) is 3.17. The van der Waals surface area contributed by atoms with Crippen LogP contribution in [-0.2, 0) is 4.79 Å². The van der Waals surface area contributed by atoms with E-state index in [-0.39, 0.29) is 18.5 Å². The van der Waals surface area contributed by atoms with Crippen LogP contribution in [0.15, 0.2) is 22.9 Å². The number of nitrogens with zero attached hydrogens (tertiary/aromatic N) is 2. The molecule has 1 aliphatic heterocycles. The molecule has 2 amide bonds. The van der Waals surface area contributed by atoms with Crippen molar-refractivity contribution >= 4 is 33.6 Å². The number of likely N-dealkylation sites (tertiary alicyclic amines) is 1. The smallest absolute Gasteiger partial charge is 0.321 e. The molecule has 0 bridgehead atoms. The highest BCUT2D eigenvalue weighted by Crippen LogP contribution is 2.24. The lowest BCUT2D eigenvalue weighted by Gasteiger charge is -2.16. The summed E-state index contributed by atoms with van der Waals surface area (Å²) in [4.78, 5) is 28.5. The molecule has 1 saturated heterocycles. The number of carboxylic acid groups (broad SMARTS) is 1.